The number of nitrogens with zero attached hydrogens (tertiary/aromatic N) is 1. The molecule has 0 aliphatic rings. The first-order valence-electron chi connectivity index (χ1n) is 5.44. The summed E-state index contributed by atoms with van der Waals surface area (Å²) < 4.78 is 36.4. The molecule has 98 valence electrons. The Kier molecular flexibility index (Phi) is 5.42. The van der Waals surface area contributed by atoms with Gasteiger partial charge in [0.25, 0.3) is 0 Å². The average Bonchev–Trinajstić information content (AvgIpc) is 2.59. The molecule has 1 aromatic rings. The SMILES string of the molecule is CCNCc1ccc(CN(C)CC(F)(F)F)s1. The Morgan fingerprint density at radius 2 is 1.94 bits per heavy atom. The first-order valence-corrected chi connectivity index (χ1v) is 6.26. The lowest BCUT2D eigenvalue weighted by Crippen LogP contribution is -2.30. The fraction of sp³-hybridized carbons (Fsp3) is 0.636. The minimum Gasteiger partial charge on any atom is -0.312 e. The van der Waals surface area contributed by atoms with Gasteiger partial charge in [-0.2, -0.15) is 13.2 Å². The highest BCUT2D eigenvalue weighted by Crippen LogP contribution is 2.20. The van der Waals surface area contributed by atoms with Gasteiger partial charge in [0.15, 0.2) is 0 Å². The summed E-state index contributed by atoms with van der Waals surface area (Å²) in [4.78, 5) is 3.40. The zero-order valence-corrected chi connectivity index (χ0v) is 10.8. The van der Waals surface area contributed by atoms with Crippen LogP contribution in [0.2, 0.25) is 0 Å². The molecule has 0 radical (unpaired) electrons. The molecule has 1 aromatic heterocycles. The van der Waals surface area contributed by atoms with Crippen LogP contribution in [0.5, 0.6) is 0 Å². The van der Waals surface area contributed by atoms with Crippen molar-refractivity contribution >= 4 is 11.3 Å². The largest absolute Gasteiger partial charge is 0.401 e. The van der Waals surface area contributed by atoms with E-state index in [2.05, 4.69) is 5.32 Å². The standard InChI is InChI=1S/C11H17F3N2S/c1-3-15-6-9-4-5-10(17-9)7-16(2)8-11(12,13)14/h4-5,15H,3,6-8H2,1-2H3. The Hall–Kier alpha value is -0.590. The maximum Gasteiger partial charge on any atom is 0.401 e. The van der Waals surface area contributed by atoms with E-state index in [0.29, 0.717) is 6.54 Å². The lowest BCUT2D eigenvalue weighted by atomic mass is 10.4. The molecular weight excluding hydrogens is 249 g/mol. The van der Waals surface area contributed by atoms with Crippen molar-refractivity contribution in [3.05, 3.63) is 21.9 Å². The van der Waals surface area contributed by atoms with E-state index in [9.17, 15) is 13.2 Å². The second-order valence-electron chi connectivity index (χ2n) is 3.94. The summed E-state index contributed by atoms with van der Waals surface area (Å²) >= 11 is 1.56. The van der Waals surface area contributed by atoms with Gasteiger partial charge in [0.2, 0.25) is 0 Å². The van der Waals surface area contributed by atoms with Gasteiger partial charge in [0.1, 0.15) is 0 Å². The van der Waals surface area contributed by atoms with Gasteiger partial charge in [-0.25, -0.2) is 0 Å². The minimum absolute atomic E-state index is 0.344. The lowest BCUT2D eigenvalue weighted by Gasteiger charge is -2.17. The van der Waals surface area contributed by atoms with E-state index in [1.165, 1.54) is 11.9 Å². The van der Waals surface area contributed by atoms with Crippen LogP contribution in [-0.2, 0) is 13.1 Å². The molecule has 17 heavy (non-hydrogen) atoms. The third kappa shape index (κ3) is 6.05. The Bertz CT molecular complexity index is 336. The molecule has 0 atom stereocenters. The van der Waals surface area contributed by atoms with E-state index in [1.54, 1.807) is 11.3 Å². The molecule has 0 aromatic carbocycles. The van der Waals surface area contributed by atoms with E-state index < -0.39 is 12.7 Å². The third-order valence-electron chi connectivity index (χ3n) is 2.14. The Balaban J connectivity index is 2.43. The van der Waals surface area contributed by atoms with Gasteiger partial charge in [-0.1, -0.05) is 6.92 Å². The van der Waals surface area contributed by atoms with Gasteiger partial charge in [0, 0.05) is 22.8 Å². The summed E-state index contributed by atoms with van der Waals surface area (Å²) in [7, 11) is 1.48. The van der Waals surface area contributed by atoms with E-state index in [-0.39, 0.29) is 0 Å². The van der Waals surface area contributed by atoms with Gasteiger partial charge in [-0.05, 0) is 25.7 Å². The number of hydrogen-bond acceptors (Lipinski definition) is 3. The van der Waals surface area contributed by atoms with E-state index in [0.717, 1.165) is 22.8 Å². The first kappa shape index (κ1) is 14.5. The predicted octanol–water partition coefficient (Wildman–Crippen LogP) is 2.85. The van der Waals surface area contributed by atoms with Crippen molar-refractivity contribution in [3.63, 3.8) is 0 Å². The summed E-state index contributed by atoms with van der Waals surface area (Å²) in [5.41, 5.74) is 0. The van der Waals surface area contributed by atoms with Crippen LogP contribution in [-0.4, -0.2) is 31.2 Å². The maximum atomic E-state index is 12.1. The van der Waals surface area contributed by atoms with Crippen LogP contribution in [0.15, 0.2) is 12.1 Å². The highest BCUT2D eigenvalue weighted by Gasteiger charge is 2.29. The average molecular weight is 266 g/mol. The molecule has 0 bridgehead atoms. The number of halogens is 3. The molecule has 0 spiro atoms. The molecule has 1 N–H and O–H groups in total. The van der Waals surface area contributed by atoms with Gasteiger partial charge in [0.05, 0.1) is 6.54 Å². The van der Waals surface area contributed by atoms with Crippen molar-refractivity contribution in [1.82, 2.24) is 10.2 Å². The van der Waals surface area contributed by atoms with Crippen molar-refractivity contribution < 1.29 is 13.2 Å². The Labute approximate surface area is 103 Å². The van der Waals surface area contributed by atoms with Crippen molar-refractivity contribution in [3.8, 4) is 0 Å². The normalized spacial score (nSPS) is 12.4. The van der Waals surface area contributed by atoms with Crippen molar-refractivity contribution in [1.29, 1.82) is 0 Å². The Morgan fingerprint density at radius 1 is 1.29 bits per heavy atom. The number of rotatable bonds is 6. The molecule has 0 amide bonds. The monoisotopic (exact) mass is 266 g/mol. The van der Waals surface area contributed by atoms with Crippen LogP contribution in [0.1, 0.15) is 16.7 Å². The summed E-state index contributed by atoms with van der Waals surface area (Å²) in [6.45, 7) is 3.17. The molecular formula is C11H17F3N2S. The molecule has 0 unspecified atom stereocenters. The molecule has 0 aliphatic carbocycles. The van der Waals surface area contributed by atoms with E-state index in [4.69, 9.17) is 0 Å². The highest BCUT2D eigenvalue weighted by molar-refractivity contribution is 7.11. The number of hydrogen-bond donors (Lipinski definition) is 1. The zero-order valence-electron chi connectivity index (χ0n) is 9.97. The summed E-state index contributed by atoms with van der Waals surface area (Å²) in [6.07, 6.45) is -4.13. The summed E-state index contributed by atoms with van der Waals surface area (Å²) in [5, 5.41) is 3.19. The van der Waals surface area contributed by atoms with E-state index in [1.807, 2.05) is 19.1 Å². The molecule has 0 fully saturated rings. The van der Waals surface area contributed by atoms with Gasteiger partial charge < -0.3 is 5.32 Å². The molecule has 0 saturated carbocycles. The van der Waals surface area contributed by atoms with Crippen LogP contribution in [0.3, 0.4) is 0 Å². The van der Waals surface area contributed by atoms with Crippen LogP contribution >= 0.6 is 11.3 Å². The predicted molar refractivity (Wildman–Crippen MR) is 64.1 cm³/mol. The maximum absolute atomic E-state index is 12.1. The quantitative estimate of drug-likeness (QED) is 0.851. The van der Waals surface area contributed by atoms with Crippen molar-refractivity contribution in [2.24, 2.45) is 0 Å². The minimum atomic E-state index is -4.13. The van der Waals surface area contributed by atoms with Gasteiger partial charge in [-0.3, -0.25) is 4.90 Å². The molecule has 1 heterocycles. The lowest BCUT2D eigenvalue weighted by molar-refractivity contribution is -0.143. The highest BCUT2D eigenvalue weighted by atomic mass is 32.1. The summed E-state index contributed by atoms with van der Waals surface area (Å²) in [6, 6.07) is 3.86. The second-order valence-corrected chi connectivity index (χ2v) is 5.19. The van der Waals surface area contributed by atoms with Gasteiger partial charge in [-0.15, -0.1) is 11.3 Å². The molecule has 0 saturated heterocycles. The smallest absolute Gasteiger partial charge is 0.312 e. The second kappa shape index (κ2) is 6.37. The molecule has 6 heteroatoms. The van der Waals surface area contributed by atoms with Crippen LogP contribution in [0, 0.1) is 0 Å². The van der Waals surface area contributed by atoms with Crippen LogP contribution in [0.4, 0.5) is 13.2 Å². The van der Waals surface area contributed by atoms with Crippen LogP contribution in [0.25, 0.3) is 0 Å². The van der Waals surface area contributed by atoms with E-state index >= 15 is 0 Å². The zero-order chi connectivity index (χ0) is 12.9. The topological polar surface area (TPSA) is 15.3 Å². The van der Waals surface area contributed by atoms with Crippen LogP contribution < -0.4 is 5.32 Å². The van der Waals surface area contributed by atoms with Crippen molar-refractivity contribution in [2.45, 2.75) is 26.2 Å². The first-order chi connectivity index (χ1) is 7.90. The third-order valence-corrected chi connectivity index (χ3v) is 3.21. The van der Waals surface area contributed by atoms with Gasteiger partial charge >= 0.3 is 6.18 Å². The Morgan fingerprint density at radius 3 is 2.53 bits per heavy atom. The van der Waals surface area contributed by atoms with Crippen molar-refractivity contribution in [2.75, 3.05) is 20.1 Å². The molecule has 1 rings (SSSR count). The fourth-order valence-electron chi connectivity index (χ4n) is 1.48. The molecule has 2 nitrogen and oxygen atoms in total. The summed E-state index contributed by atoms with van der Waals surface area (Å²) in [5.74, 6) is 0. The number of thiophene rings is 1. The molecule has 0 aliphatic heterocycles. The fourth-order valence-corrected chi connectivity index (χ4v) is 2.55. The number of nitrogens with one attached hydrogen (secondary N) is 1. The number of alkyl halides is 3.